The van der Waals surface area contributed by atoms with Gasteiger partial charge < -0.3 is 5.11 Å². The average Bonchev–Trinajstić information content (AvgIpc) is 2.95. The molecule has 0 bridgehead atoms. The van der Waals surface area contributed by atoms with Crippen molar-refractivity contribution in [3.8, 4) is 11.4 Å². The number of hydrogen-bond donors (Lipinski definition) is 2. The monoisotopic (exact) mass is 236 g/mol. The van der Waals surface area contributed by atoms with Gasteiger partial charge in [0.2, 0.25) is 0 Å². The fraction of sp³-hybridized carbons (Fsp3) is 0.444. The van der Waals surface area contributed by atoms with E-state index in [9.17, 15) is 4.79 Å². The van der Waals surface area contributed by atoms with Gasteiger partial charge in [0.15, 0.2) is 5.82 Å². The van der Waals surface area contributed by atoms with Gasteiger partial charge in [-0.15, -0.1) is 5.10 Å². The lowest BCUT2D eigenvalue weighted by Crippen LogP contribution is -2.13. The van der Waals surface area contributed by atoms with Crippen molar-refractivity contribution in [1.82, 2.24) is 30.4 Å². The van der Waals surface area contributed by atoms with E-state index in [0.29, 0.717) is 18.8 Å². The minimum atomic E-state index is -0.817. The molecule has 0 aliphatic rings. The molecule has 90 valence electrons. The van der Waals surface area contributed by atoms with Crippen LogP contribution in [0, 0.1) is 5.92 Å². The van der Waals surface area contributed by atoms with Crippen LogP contribution in [0.15, 0.2) is 12.4 Å². The lowest BCUT2D eigenvalue weighted by Gasteiger charge is -2.06. The summed E-state index contributed by atoms with van der Waals surface area (Å²) in [4.78, 5) is 10.7. The van der Waals surface area contributed by atoms with Gasteiger partial charge in [-0.3, -0.25) is 9.89 Å². The zero-order valence-corrected chi connectivity index (χ0v) is 9.24. The molecule has 17 heavy (non-hydrogen) atoms. The van der Waals surface area contributed by atoms with Crippen LogP contribution in [0.4, 0.5) is 0 Å². The fourth-order valence-electron chi connectivity index (χ4n) is 1.37. The van der Waals surface area contributed by atoms with Crippen molar-refractivity contribution in [3.05, 3.63) is 12.4 Å². The SMILES string of the molecule is CC(CCn1nnnc1-c1cn[nH]c1)C(=O)O. The molecule has 0 aliphatic carbocycles. The molecule has 2 heterocycles. The Bertz CT molecular complexity index is 491. The maximum atomic E-state index is 10.7. The molecule has 8 nitrogen and oxygen atoms in total. The van der Waals surface area contributed by atoms with Crippen LogP contribution in [0.3, 0.4) is 0 Å². The van der Waals surface area contributed by atoms with Crippen LogP contribution in [0.1, 0.15) is 13.3 Å². The van der Waals surface area contributed by atoms with E-state index in [0.717, 1.165) is 5.56 Å². The summed E-state index contributed by atoms with van der Waals surface area (Å²) in [6, 6.07) is 0. The van der Waals surface area contributed by atoms with Gasteiger partial charge in [-0.2, -0.15) is 5.10 Å². The minimum Gasteiger partial charge on any atom is -0.481 e. The molecule has 0 fully saturated rings. The highest BCUT2D eigenvalue weighted by Gasteiger charge is 2.14. The van der Waals surface area contributed by atoms with Gasteiger partial charge >= 0.3 is 5.97 Å². The molecule has 2 N–H and O–H groups in total. The number of H-pyrrole nitrogens is 1. The van der Waals surface area contributed by atoms with Gasteiger partial charge in [0, 0.05) is 12.7 Å². The summed E-state index contributed by atoms with van der Waals surface area (Å²) >= 11 is 0. The Morgan fingerprint density at radius 3 is 3.12 bits per heavy atom. The second kappa shape index (κ2) is 4.73. The number of aliphatic carboxylic acids is 1. The third kappa shape index (κ3) is 2.47. The van der Waals surface area contributed by atoms with Crippen LogP contribution in [0.2, 0.25) is 0 Å². The average molecular weight is 236 g/mol. The first-order valence-electron chi connectivity index (χ1n) is 5.16. The van der Waals surface area contributed by atoms with Gasteiger partial charge in [-0.25, -0.2) is 4.68 Å². The molecule has 0 spiro atoms. The summed E-state index contributed by atoms with van der Waals surface area (Å²) in [6.07, 6.45) is 3.77. The number of nitrogens with one attached hydrogen (secondary N) is 1. The zero-order chi connectivity index (χ0) is 12.3. The lowest BCUT2D eigenvalue weighted by atomic mass is 10.1. The summed E-state index contributed by atoms with van der Waals surface area (Å²) < 4.78 is 1.57. The minimum absolute atomic E-state index is 0.420. The second-order valence-electron chi connectivity index (χ2n) is 3.74. The Morgan fingerprint density at radius 2 is 2.47 bits per heavy atom. The first-order chi connectivity index (χ1) is 8.18. The first-order valence-corrected chi connectivity index (χ1v) is 5.16. The smallest absolute Gasteiger partial charge is 0.306 e. The number of carbonyl (C=O) groups is 1. The summed E-state index contributed by atoms with van der Waals surface area (Å²) in [5.74, 6) is -0.657. The highest BCUT2D eigenvalue weighted by Crippen LogP contribution is 2.14. The number of hydrogen-bond acceptors (Lipinski definition) is 5. The Hall–Kier alpha value is -2.25. The first kappa shape index (κ1) is 11.2. The molecule has 1 atom stereocenters. The van der Waals surface area contributed by atoms with Gasteiger partial charge in [0.25, 0.3) is 0 Å². The molecule has 2 rings (SSSR count). The van der Waals surface area contributed by atoms with Crippen LogP contribution < -0.4 is 0 Å². The van der Waals surface area contributed by atoms with Crippen LogP contribution in [0.25, 0.3) is 11.4 Å². The third-order valence-corrected chi connectivity index (χ3v) is 2.48. The predicted molar refractivity (Wildman–Crippen MR) is 56.8 cm³/mol. The molecule has 0 aromatic carbocycles. The lowest BCUT2D eigenvalue weighted by molar-refractivity contribution is -0.141. The summed E-state index contributed by atoms with van der Waals surface area (Å²) in [6.45, 7) is 2.12. The molecular weight excluding hydrogens is 224 g/mol. The molecule has 1 unspecified atom stereocenters. The van der Waals surface area contributed by atoms with E-state index in [2.05, 4.69) is 25.7 Å². The van der Waals surface area contributed by atoms with E-state index in [-0.39, 0.29) is 0 Å². The maximum absolute atomic E-state index is 10.7. The fourth-order valence-corrected chi connectivity index (χ4v) is 1.37. The molecule has 0 amide bonds. The van der Waals surface area contributed by atoms with Crippen molar-refractivity contribution >= 4 is 5.97 Å². The highest BCUT2D eigenvalue weighted by molar-refractivity contribution is 5.69. The molecule has 8 heteroatoms. The van der Waals surface area contributed by atoms with Crippen LogP contribution in [-0.4, -0.2) is 41.5 Å². The molecule has 0 radical (unpaired) electrons. The topological polar surface area (TPSA) is 110 Å². The number of aryl methyl sites for hydroxylation is 1. The third-order valence-electron chi connectivity index (χ3n) is 2.48. The van der Waals surface area contributed by atoms with E-state index < -0.39 is 11.9 Å². The quantitative estimate of drug-likeness (QED) is 0.766. The highest BCUT2D eigenvalue weighted by atomic mass is 16.4. The standard InChI is InChI=1S/C9H12N6O2/c1-6(9(16)17)2-3-15-8(12-13-14-15)7-4-10-11-5-7/h4-6H,2-3H2,1H3,(H,10,11)(H,16,17). The van der Waals surface area contributed by atoms with Crippen LogP contribution in [0.5, 0.6) is 0 Å². The van der Waals surface area contributed by atoms with Crippen molar-refractivity contribution in [3.63, 3.8) is 0 Å². The summed E-state index contributed by atoms with van der Waals surface area (Å²) in [5.41, 5.74) is 0.776. The Kier molecular flexibility index (Phi) is 3.12. The van der Waals surface area contributed by atoms with E-state index in [1.54, 1.807) is 24.0 Å². The Balaban J connectivity index is 2.08. The largest absolute Gasteiger partial charge is 0.481 e. The molecule has 0 aliphatic heterocycles. The van der Waals surface area contributed by atoms with Crippen molar-refractivity contribution in [2.45, 2.75) is 19.9 Å². The van der Waals surface area contributed by atoms with Gasteiger partial charge in [-0.1, -0.05) is 6.92 Å². The molecular formula is C9H12N6O2. The van der Waals surface area contributed by atoms with E-state index in [1.807, 2.05) is 0 Å². The number of nitrogens with zero attached hydrogens (tertiary/aromatic N) is 5. The molecule has 0 saturated heterocycles. The summed E-state index contributed by atoms with van der Waals surface area (Å²) in [5, 5.41) is 26.6. The van der Waals surface area contributed by atoms with E-state index in [1.165, 1.54) is 0 Å². The second-order valence-corrected chi connectivity index (χ2v) is 3.74. The number of carboxylic acid groups (broad SMARTS) is 1. The normalized spacial score (nSPS) is 12.5. The number of aromatic nitrogens is 6. The number of rotatable bonds is 5. The van der Waals surface area contributed by atoms with Crippen molar-refractivity contribution in [2.75, 3.05) is 0 Å². The van der Waals surface area contributed by atoms with Crippen LogP contribution >= 0.6 is 0 Å². The Labute approximate surface area is 96.6 Å². The molecule has 2 aromatic rings. The molecule has 0 saturated carbocycles. The van der Waals surface area contributed by atoms with Crippen molar-refractivity contribution < 1.29 is 9.90 Å². The number of aromatic amines is 1. The van der Waals surface area contributed by atoms with Gasteiger partial charge in [0.05, 0.1) is 17.7 Å². The van der Waals surface area contributed by atoms with E-state index in [4.69, 9.17) is 5.11 Å². The van der Waals surface area contributed by atoms with E-state index >= 15 is 0 Å². The zero-order valence-electron chi connectivity index (χ0n) is 9.24. The predicted octanol–water partition coefficient (Wildman–Crippen LogP) is 0.174. The van der Waals surface area contributed by atoms with Gasteiger partial charge in [-0.05, 0) is 16.8 Å². The van der Waals surface area contributed by atoms with Crippen molar-refractivity contribution in [1.29, 1.82) is 0 Å². The summed E-state index contributed by atoms with van der Waals surface area (Å²) in [7, 11) is 0. The molecule has 2 aromatic heterocycles. The Morgan fingerprint density at radius 1 is 1.65 bits per heavy atom. The number of tetrazole rings is 1. The maximum Gasteiger partial charge on any atom is 0.306 e. The van der Waals surface area contributed by atoms with Crippen molar-refractivity contribution in [2.24, 2.45) is 5.92 Å². The number of carboxylic acids is 1. The van der Waals surface area contributed by atoms with Gasteiger partial charge in [0.1, 0.15) is 0 Å². The van der Waals surface area contributed by atoms with Crippen LogP contribution in [-0.2, 0) is 11.3 Å².